The molecule has 2 aliphatic rings. The molecule has 0 spiro atoms. The Kier molecular flexibility index (Phi) is 5.58. The zero-order valence-corrected chi connectivity index (χ0v) is 15.7. The van der Waals surface area contributed by atoms with Crippen molar-refractivity contribution >= 4 is 17.6 Å². The highest BCUT2D eigenvalue weighted by Gasteiger charge is 2.22. The fourth-order valence-electron chi connectivity index (χ4n) is 3.83. The van der Waals surface area contributed by atoms with Gasteiger partial charge in [0.25, 0.3) is 5.91 Å². The Labute approximate surface area is 164 Å². The third-order valence-electron chi connectivity index (χ3n) is 5.31. The van der Waals surface area contributed by atoms with Gasteiger partial charge in [-0.15, -0.1) is 0 Å². The monoisotopic (exact) mass is 379 g/mol. The molecule has 1 unspecified atom stereocenters. The molecule has 4 rings (SSSR count). The Morgan fingerprint density at radius 2 is 1.71 bits per heavy atom. The van der Waals surface area contributed by atoms with Gasteiger partial charge in [0.15, 0.2) is 0 Å². The molecule has 0 aromatic heterocycles. The number of urea groups is 1. The number of hydrogen-bond donors (Lipinski definition) is 3. The standard InChI is InChI=1S/C22H25N3O3/c26-21(23-14-20-6-3-11-28-20)15-7-9-18(10-8-15)24-22(27)25-19-12-16-4-1-2-5-17(16)13-19/h1-2,4-5,7-10,19-20H,3,6,11-14H2,(H,23,26)(H2,24,25,27). The van der Waals surface area contributed by atoms with Crippen molar-refractivity contribution in [3.8, 4) is 0 Å². The molecular formula is C22H25N3O3. The Bertz CT molecular complexity index is 819. The predicted molar refractivity (Wildman–Crippen MR) is 108 cm³/mol. The van der Waals surface area contributed by atoms with Crippen molar-refractivity contribution in [1.29, 1.82) is 0 Å². The number of anilines is 1. The molecule has 1 saturated heterocycles. The summed E-state index contributed by atoms with van der Waals surface area (Å²) in [6.45, 7) is 1.31. The van der Waals surface area contributed by atoms with Crippen LogP contribution < -0.4 is 16.0 Å². The fraction of sp³-hybridized carbons (Fsp3) is 0.364. The minimum atomic E-state index is -0.228. The van der Waals surface area contributed by atoms with E-state index in [0.717, 1.165) is 32.3 Å². The van der Waals surface area contributed by atoms with E-state index in [1.807, 2.05) is 12.1 Å². The first-order valence-corrected chi connectivity index (χ1v) is 9.81. The Hall–Kier alpha value is -2.86. The van der Waals surface area contributed by atoms with Crippen LogP contribution in [0.5, 0.6) is 0 Å². The van der Waals surface area contributed by atoms with Crippen LogP contribution in [0.25, 0.3) is 0 Å². The van der Waals surface area contributed by atoms with E-state index in [-0.39, 0.29) is 24.1 Å². The molecule has 1 aliphatic carbocycles. The third-order valence-corrected chi connectivity index (χ3v) is 5.31. The summed E-state index contributed by atoms with van der Waals surface area (Å²) >= 11 is 0. The van der Waals surface area contributed by atoms with Gasteiger partial charge < -0.3 is 20.7 Å². The fourth-order valence-corrected chi connectivity index (χ4v) is 3.83. The number of nitrogens with one attached hydrogen (secondary N) is 3. The van der Waals surface area contributed by atoms with Crippen LogP contribution in [0, 0.1) is 0 Å². The SMILES string of the molecule is O=C(Nc1ccc(C(=O)NCC2CCCO2)cc1)NC1Cc2ccccc2C1. The average molecular weight is 379 g/mol. The van der Waals surface area contributed by atoms with Crippen LogP contribution in [0.3, 0.4) is 0 Å². The van der Waals surface area contributed by atoms with Crippen molar-refractivity contribution < 1.29 is 14.3 Å². The van der Waals surface area contributed by atoms with E-state index in [9.17, 15) is 9.59 Å². The quantitative estimate of drug-likeness (QED) is 0.747. The van der Waals surface area contributed by atoms with Crippen molar-refractivity contribution in [3.63, 3.8) is 0 Å². The van der Waals surface area contributed by atoms with Gasteiger partial charge in [-0.1, -0.05) is 24.3 Å². The van der Waals surface area contributed by atoms with E-state index in [1.54, 1.807) is 24.3 Å². The van der Waals surface area contributed by atoms with Gasteiger partial charge in [0.2, 0.25) is 0 Å². The second-order valence-corrected chi connectivity index (χ2v) is 7.39. The van der Waals surface area contributed by atoms with Crippen LogP contribution in [0.2, 0.25) is 0 Å². The lowest BCUT2D eigenvalue weighted by molar-refractivity contribution is 0.0858. The van der Waals surface area contributed by atoms with Gasteiger partial charge in [0, 0.05) is 30.4 Å². The number of fused-ring (bicyclic) bond motifs is 1. The van der Waals surface area contributed by atoms with Gasteiger partial charge in [-0.3, -0.25) is 4.79 Å². The Balaban J connectivity index is 1.25. The summed E-state index contributed by atoms with van der Waals surface area (Å²) in [4.78, 5) is 24.5. The highest BCUT2D eigenvalue weighted by Crippen LogP contribution is 2.21. The molecule has 6 nitrogen and oxygen atoms in total. The van der Waals surface area contributed by atoms with Crippen LogP contribution in [0.15, 0.2) is 48.5 Å². The third kappa shape index (κ3) is 4.51. The summed E-state index contributed by atoms with van der Waals surface area (Å²) in [6, 6.07) is 15.1. The number of rotatable bonds is 5. The molecule has 2 aromatic carbocycles. The summed E-state index contributed by atoms with van der Waals surface area (Å²) in [7, 11) is 0. The predicted octanol–water partition coefficient (Wildman–Crippen LogP) is 2.88. The molecule has 28 heavy (non-hydrogen) atoms. The zero-order chi connectivity index (χ0) is 19.3. The molecule has 3 amide bonds. The molecule has 1 atom stereocenters. The maximum atomic E-state index is 12.3. The number of carbonyl (C=O) groups excluding carboxylic acids is 2. The minimum Gasteiger partial charge on any atom is -0.376 e. The summed E-state index contributed by atoms with van der Waals surface area (Å²) in [5.41, 5.74) is 3.82. The molecule has 0 radical (unpaired) electrons. The van der Waals surface area contributed by atoms with E-state index < -0.39 is 0 Å². The van der Waals surface area contributed by atoms with E-state index in [2.05, 4.69) is 28.1 Å². The summed E-state index contributed by atoms with van der Waals surface area (Å²) in [5.74, 6) is -0.129. The van der Waals surface area contributed by atoms with Gasteiger partial charge in [-0.25, -0.2) is 4.79 Å². The largest absolute Gasteiger partial charge is 0.376 e. The molecule has 146 valence electrons. The highest BCUT2D eigenvalue weighted by atomic mass is 16.5. The van der Waals surface area contributed by atoms with Crippen molar-refractivity contribution in [3.05, 3.63) is 65.2 Å². The molecule has 1 aliphatic heterocycles. The van der Waals surface area contributed by atoms with E-state index >= 15 is 0 Å². The number of amides is 3. The van der Waals surface area contributed by atoms with Gasteiger partial charge in [0.1, 0.15) is 0 Å². The lowest BCUT2D eigenvalue weighted by atomic mass is 10.1. The van der Waals surface area contributed by atoms with Gasteiger partial charge in [0.05, 0.1) is 6.10 Å². The number of hydrogen-bond acceptors (Lipinski definition) is 3. The number of ether oxygens (including phenoxy) is 1. The van der Waals surface area contributed by atoms with Crippen LogP contribution >= 0.6 is 0 Å². The number of carbonyl (C=O) groups is 2. The highest BCUT2D eigenvalue weighted by molar-refractivity contribution is 5.95. The molecule has 3 N–H and O–H groups in total. The molecule has 1 heterocycles. The van der Waals surface area contributed by atoms with E-state index in [0.29, 0.717) is 17.8 Å². The minimum absolute atomic E-state index is 0.111. The molecule has 0 bridgehead atoms. The van der Waals surface area contributed by atoms with Crippen LogP contribution in [0.4, 0.5) is 10.5 Å². The smallest absolute Gasteiger partial charge is 0.319 e. The van der Waals surface area contributed by atoms with Crippen molar-refractivity contribution in [2.24, 2.45) is 0 Å². The summed E-state index contributed by atoms with van der Waals surface area (Å²) in [6.07, 6.45) is 3.87. The van der Waals surface area contributed by atoms with E-state index in [1.165, 1.54) is 11.1 Å². The first kappa shape index (κ1) is 18.5. The molecular weight excluding hydrogens is 354 g/mol. The number of benzene rings is 2. The molecule has 1 fully saturated rings. The van der Waals surface area contributed by atoms with Crippen molar-refractivity contribution in [2.45, 2.75) is 37.8 Å². The van der Waals surface area contributed by atoms with Crippen LogP contribution in [0.1, 0.15) is 34.3 Å². The average Bonchev–Trinajstić information content (AvgIpc) is 3.35. The van der Waals surface area contributed by atoms with Gasteiger partial charge >= 0.3 is 6.03 Å². The molecule has 2 aromatic rings. The Morgan fingerprint density at radius 3 is 2.36 bits per heavy atom. The van der Waals surface area contributed by atoms with Crippen LogP contribution in [-0.2, 0) is 17.6 Å². The summed E-state index contributed by atoms with van der Waals surface area (Å²) < 4.78 is 5.51. The first-order chi connectivity index (χ1) is 13.7. The normalized spacial score (nSPS) is 18.5. The second kappa shape index (κ2) is 8.44. The maximum Gasteiger partial charge on any atom is 0.319 e. The van der Waals surface area contributed by atoms with Crippen LogP contribution in [-0.4, -0.2) is 37.2 Å². The van der Waals surface area contributed by atoms with Crippen molar-refractivity contribution in [2.75, 3.05) is 18.5 Å². The molecule has 0 saturated carbocycles. The first-order valence-electron chi connectivity index (χ1n) is 9.81. The summed E-state index contributed by atoms with van der Waals surface area (Å²) in [5, 5.41) is 8.75. The van der Waals surface area contributed by atoms with Gasteiger partial charge in [-0.05, 0) is 61.1 Å². The topological polar surface area (TPSA) is 79.5 Å². The van der Waals surface area contributed by atoms with E-state index in [4.69, 9.17) is 4.74 Å². The second-order valence-electron chi connectivity index (χ2n) is 7.39. The van der Waals surface area contributed by atoms with Gasteiger partial charge in [-0.2, -0.15) is 0 Å². The zero-order valence-electron chi connectivity index (χ0n) is 15.7. The lowest BCUT2D eigenvalue weighted by Crippen LogP contribution is -2.38. The lowest BCUT2D eigenvalue weighted by Gasteiger charge is -2.14. The van der Waals surface area contributed by atoms with Crippen molar-refractivity contribution in [1.82, 2.24) is 10.6 Å². The molecule has 6 heteroatoms. The Morgan fingerprint density at radius 1 is 1.00 bits per heavy atom. The maximum absolute atomic E-state index is 12.3.